The summed E-state index contributed by atoms with van der Waals surface area (Å²) in [5.74, 6) is 0.596. The molecule has 10 heteroatoms. The van der Waals surface area contributed by atoms with Gasteiger partial charge in [-0.15, -0.1) is 0 Å². The minimum Gasteiger partial charge on any atom is -0.484 e. The standard InChI is InChI=1S/C25H26N2O8/c28-23(26-5-9-31-10-6-26)15-33-17-1-3-19-21(13-17)35-22-14-18(2-4-20(22)25(19)30)34-16-24(29)27-7-11-32-12-8-27/h1-4,13-14H,5-12,15-16H2. The van der Waals surface area contributed by atoms with E-state index in [9.17, 15) is 14.4 Å². The van der Waals surface area contributed by atoms with Gasteiger partial charge in [-0.2, -0.15) is 0 Å². The van der Waals surface area contributed by atoms with Crippen LogP contribution in [0.15, 0.2) is 45.6 Å². The number of nitrogens with zero attached hydrogens (tertiary/aromatic N) is 2. The number of amides is 2. The van der Waals surface area contributed by atoms with Crippen LogP contribution in [0.1, 0.15) is 0 Å². The molecule has 0 radical (unpaired) electrons. The summed E-state index contributed by atoms with van der Waals surface area (Å²) in [7, 11) is 0. The third kappa shape index (κ3) is 5.23. The van der Waals surface area contributed by atoms with E-state index < -0.39 is 0 Å². The molecule has 2 aromatic carbocycles. The van der Waals surface area contributed by atoms with Crippen LogP contribution in [0.25, 0.3) is 21.9 Å². The molecule has 0 spiro atoms. The zero-order valence-electron chi connectivity index (χ0n) is 19.2. The lowest BCUT2D eigenvalue weighted by atomic mass is 10.1. The molecule has 1 aromatic heterocycles. The van der Waals surface area contributed by atoms with Crippen molar-refractivity contribution in [3.8, 4) is 11.5 Å². The molecule has 3 aromatic rings. The van der Waals surface area contributed by atoms with Crippen LogP contribution in [0.5, 0.6) is 11.5 Å². The second-order valence-electron chi connectivity index (χ2n) is 8.31. The van der Waals surface area contributed by atoms with Gasteiger partial charge in [0.1, 0.15) is 22.7 Å². The van der Waals surface area contributed by atoms with Gasteiger partial charge in [-0.25, -0.2) is 0 Å². The Morgan fingerprint density at radius 1 is 0.714 bits per heavy atom. The molecule has 10 nitrogen and oxygen atoms in total. The Balaban J connectivity index is 1.30. The molecule has 2 amide bonds. The first-order chi connectivity index (χ1) is 17.1. The number of rotatable bonds is 6. The Morgan fingerprint density at radius 3 is 1.57 bits per heavy atom. The second-order valence-corrected chi connectivity index (χ2v) is 8.31. The van der Waals surface area contributed by atoms with E-state index in [4.69, 9.17) is 23.4 Å². The van der Waals surface area contributed by atoms with Crippen LogP contribution in [0, 0.1) is 0 Å². The molecule has 3 heterocycles. The fourth-order valence-electron chi connectivity index (χ4n) is 4.09. The van der Waals surface area contributed by atoms with Crippen molar-refractivity contribution >= 4 is 33.8 Å². The zero-order valence-corrected chi connectivity index (χ0v) is 19.2. The van der Waals surface area contributed by atoms with E-state index in [0.29, 0.717) is 86.0 Å². The van der Waals surface area contributed by atoms with E-state index in [1.54, 1.807) is 46.2 Å². The van der Waals surface area contributed by atoms with Gasteiger partial charge in [0.15, 0.2) is 13.2 Å². The van der Waals surface area contributed by atoms with E-state index >= 15 is 0 Å². The topological polar surface area (TPSA) is 108 Å². The summed E-state index contributed by atoms with van der Waals surface area (Å²) in [5, 5.41) is 0.807. The monoisotopic (exact) mass is 482 g/mol. The maximum Gasteiger partial charge on any atom is 0.260 e. The summed E-state index contributed by atoms with van der Waals surface area (Å²) in [5.41, 5.74) is 0.480. The first-order valence-electron chi connectivity index (χ1n) is 11.6. The average molecular weight is 482 g/mol. The average Bonchev–Trinajstić information content (AvgIpc) is 2.91. The van der Waals surface area contributed by atoms with E-state index in [1.807, 2.05) is 0 Å². The fourth-order valence-corrected chi connectivity index (χ4v) is 4.09. The molecule has 0 bridgehead atoms. The van der Waals surface area contributed by atoms with Crippen molar-refractivity contribution in [1.29, 1.82) is 0 Å². The van der Waals surface area contributed by atoms with Crippen LogP contribution in [0.2, 0.25) is 0 Å². The second kappa shape index (κ2) is 10.3. The quantitative estimate of drug-likeness (QED) is 0.486. The number of fused-ring (bicyclic) bond motifs is 2. The van der Waals surface area contributed by atoms with Gasteiger partial charge in [0.2, 0.25) is 5.43 Å². The van der Waals surface area contributed by atoms with Crippen molar-refractivity contribution in [1.82, 2.24) is 9.80 Å². The first kappa shape index (κ1) is 23.1. The lowest BCUT2D eigenvalue weighted by molar-refractivity contribution is -0.138. The Morgan fingerprint density at radius 2 is 1.14 bits per heavy atom. The van der Waals surface area contributed by atoms with Crippen LogP contribution in [-0.4, -0.2) is 87.4 Å². The number of hydrogen-bond acceptors (Lipinski definition) is 8. The number of ether oxygens (including phenoxy) is 4. The Kier molecular flexibility index (Phi) is 6.82. The molecule has 35 heavy (non-hydrogen) atoms. The molecule has 5 rings (SSSR count). The van der Waals surface area contributed by atoms with E-state index in [2.05, 4.69) is 0 Å². The molecule has 2 fully saturated rings. The van der Waals surface area contributed by atoms with Gasteiger partial charge >= 0.3 is 0 Å². The Bertz CT molecular complexity index is 1200. The summed E-state index contributed by atoms with van der Waals surface area (Å²) >= 11 is 0. The highest BCUT2D eigenvalue weighted by Crippen LogP contribution is 2.26. The van der Waals surface area contributed by atoms with Gasteiger partial charge in [0.25, 0.3) is 11.8 Å². The van der Waals surface area contributed by atoms with Crippen LogP contribution in [-0.2, 0) is 19.1 Å². The zero-order chi connectivity index (χ0) is 24.2. The van der Waals surface area contributed by atoms with E-state index in [1.165, 1.54) is 0 Å². The summed E-state index contributed by atoms with van der Waals surface area (Å²) in [4.78, 5) is 41.0. The number of hydrogen-bond donors (Lipinski definition) is 0. The van der Waals surface area contributed by atoms with Crippen molar-refractivity contribution in [2.24, 2.45) is 0 Å². The summed E-state index contributed by atoms with van der Waals surface area (Å²) in [6.45, 7) is 4.04. The molecule has 0 saturated carbocycles. The van der Waals surface area contributed by atoms with Gasteiger partial charge in [0, 0.05) is 38.3 Å². The van der Waals surface area contributed by atoms with Crippen molar-refractivity contribution < 1.29 is 33.0 Å². The predicted molar refractivity (Wildman–Crippen MR) is 126 cm³/mol. The minimum atomic E-state index is -0.187. The summed E-state index contributed by atoms with van der Waals surface area (Å²) in [6, 6.07) is 9.73. The maximum atomic E-state index is 13.0. The highest BCUT2D eigenvalue weighted by molar-refractivity contribution is 5.91. The molecule has 0 aliphatic carbocycles. The number of morpholine rings is 2. The van der Waals surface area contributed by atoms with E-state index in [-0.39, 0.29) is 30.5 Å². The van der Waals surface area contributed by atoms with E-state index in [0.717, 1.165) is 0 Å². The maximum absolute atomic E-state index is 13.0. The van der Waals surface area contributed by atoms with Crippen LogP contribution >= 0.6 is 0 Å². The highest BCUT2D eigenvalue weighted by atomic mass is 16.5. The van der Waals surface area contributed by atoms with Crippen LogP contribution < -0.4 is 14.9 Å². The van der Waals surface area contributed by atoms with Crippen molar-refractivity contribution in [2.45, 2.75) is 0 Å². The number of benzene rings is 2. The SMILES string of the molecule is O=C(COc1ccc2c(=O)c3ccc(OCC(=O)N4CCOCC4)cc3oc2c1)N1CCOCC1. The smallest absolute Gasteiger partial charge is 0.260 e. The van der Waals surface area contributed by atoms with Gasteiger partial charge < -0.3 is 33.2 Å². The lowest BCUT2D eigenvalue weighted by Gasteiger charge is -2.26. The van der Waals surface area contributed by atoms with Crippen LogP contribution in [0.4, 0.5) is 0 Å². The molecule has 2 aliphatic rings. The molecule has 184 valence electrons. The van der Waals surface area contributed by atoms with Gasteiger partial charge in [-0.1, -0.05) is 0 Å². The van der Waals surface area contributed by atoms with Gasteiger partial charge in [0.05, 0.1) is 37.2 Å². The molecule has 2 aliphatic heterocycles. The van der Waals surface area contributed by atoms with Crippen molar-refractivity contribution in [3.05, 3.63) is 46.6 Å². The van der Waals surface area contributed by atoms with Gasteiger partial charge in [-0.3, -0.25) is 14.4 Å². The molecule has 0 unspecified atom stereocenters. The Labute approximate surface area is 200 Å². The minimum absolute atomic E-state index is 0.113. The normalized spacial score (nSPS) is 16.5. The van der Waals surface area contributed by atoms with Crippen LogP contribution in [0.3, 0.4) is 0 Å². The van der Waals surface area contributed by atoms with Gasteiger partial charge in [-0.05, 0) is 24.3 Å². The first-order valence-corrected chi connectivity index (χ1v) is 11.6. The number of carbonyl (C=O) groups excluding carboxylic acids is 2. The molecule has 0 N–H and O–H groups in total. The predicted octanol–water partition coefficient (Wildman–Crippen LogP) is 1.42. The third-order valence-corrected chi connectivity index (χ3v) is 6.07. The summed E-state index contributed by atoms with van der Waals surface area (Å²) in [6.07, 6.45) is 0. The molecule has 0 atom stereocenters. The fraction of sp³-hybridized carbons (Fsp3) is 0.400. The largest absolute Gasteiger partial charge is 0.484 e. The molecular formula is C25H26N2O8. The third-order valence-electron chi connectivity index (χ3n) is 6.07. The number of carbonyl (C=O) groups is 2. The highest BCUT2D eigenvalue weighted by Gasteiger charge is 2.19. The van der Waals surface area contributed by atoms with Crippen molar-refractivity contribution in [3.63, 3.8) is 0 Å². The summed E-state index contributed by atoms with van der Waals surface area (Å²) < 4.78 is 27.8. The van der Waals surface area contributed by atoms with Crippen molar-refractivity contribution in [2.75, 3.05) is 65.8 Å². The molecule has 2 saturated heterocycles. The lowest BCUT2D eigenvalue weighted by Crippen LogP contribution is -2.42. The Hall–Kier alpha value is -3.63. The molecular weight excluding hydrogens is 456 g/mol.